The highest BCUT2D eigenvalue weighted by Crippen LogP contribution is 2.46. The summed E-state index contributed by atoms with van der Waals surface area (Å²) in [6.45, 7) is -0.0706. The van der Waals surface area contributed by atoms with Crippen molar-refractivity contribution in [2.75, 3.05) is 0 Å². The molecule has 17 rings (SSSR count). The van der Waals surface area contributed by atoms with Crippen molar-refractivity contribution in [3.63, 3.8) is 0 Å². The van der Waals surface area contributed by atoms with Gasteiger partial charge in [-0.2, -0.15) is 0 Å². The van der Waals surface area contributed by atoms with Crippen LogP contribution >= 0.6 is 0 Å². The second-order valence-electron chi connectivity index (χ2n) is 20.2. The van der Waals surface area contributed by atoms with Crippen molar-refractivity contribution in [1.82, 2.24) is 28.7 Å². The molecule has 11 aromatic carbocycles. The van der Waals surface area contributed by atoms with Crippen LogP contribution in [0.5, 0.6) is 23.0 Å². The van der Waals surface area contributed by atoms with Crippen molar-refractivity contribution in [2.45, 2.75) is 0 Å². The molecule has 0 N–H and O–H groups in total. The fourth-order valence-electron chi connectivity index (χ4n) is 12.7. The quantitative estimate of drug-likeness (QED) is 0.155. The number of benzene rings is 11. The first-order valence-corrected chi connectivity index (χ1v) is 26.4. The molecule has 0 amide bonds. The lowest BCUT2D eigenvalue weighted by Crippen LogP contribution is -2.57. The molecule has 0 spiro atoms. The molecule has 0 radical (unpaired) electrons. The fraction of sp³-hybridized carbons (Fsp3) is 0. The van der Waals surface area contributed by atoms with E-state index in [0.29, 0.717) is 17.5 Å². The first-order valence-electron chi connectivity index (χ1n) is 26.4. The Bertz CT molecular complexity index is 4950. The predicted molar refractivity (Wildman–Crippen MR) is 317 cm³/mol. The lowest BCUT2D eigenvalue weighted by atomic mass is 9.35. The van der Waals surface area contributed by atoms with Gasteiger partial charge in [-0.05, 0) is 89.8 Å². The Morgan fingerprint density at radius 2 is 0.885 bits per heavy atom. The second kappa shape index (κ2) is 16.5. The van der Waals surface area contributed by atoms with E-state index in [1.165, 1.54) is 10.8 Å². The summed E-state index contributed by atoms with van der Waals surface area (Å²) in [5.41, 5.74) is 15.4. The van der Waals surface area contributed by atoms with Gasteiger partial charge in [0, 0.05) is 60.2 Å². The molecular weight excluding hydrogens is 956 g/mol. The fourth-order valence-corrected chi connectivity index (χ4v) is 12.7. The maximum atomic E-state index is 7.15. The number of para-hydroxylation sites is 7. The Balaban J connectivity index is 0.893. The number of ether oxygens (including phenoxy) is 2. The Morgan fingerprint density at radius 1 is 0.333 bits per heavy atom. The van der Waals surface area contributed by atoms with Gasteiger partial charge in [-0.3, -0.25) is 0 Å². The van der Waals surface area contributed by atoms with E-state index >= 15 is 0 Å². The Kier molecular flexibility index (Phi) is 9.05. The number of rotatable bonds is 6. The summed E-state index contributed by atoms with van der Waals surface area (Å²) in [6.07, 6.45) is 0. The molecule has 0 fully saturated rings. The van der Waals surface area contributed by atoms with Crippen LogP contribution in [0, 0.1) is 0 Å². The standard InChI is InChI=1S/C69H41BN6O2/c1-2-19-42(20-3-1)67-71-68(43-21-18-22-44(41-43)74-53-30-11-4-23-45(53)46-24-5-12-31-54(46)74)73-69(72-67)50-27-8-15-34-57(50)75-56-33-14-7-26-49(56)63-58(75)38-37-48-47-25-6-13-32-55(47)76(65(48)63)59-39-40-62-64-66(59)78-61-36-17-10-29-52(61)70(64)51-28-9-16-35-60(51)77-62/h1-41H. The van der Waals surface area contributed by atoms with Crippen LogP contribution in [0.4, 0.5) is 0 Å². The van der Waals surface area contributed by atoms with E-state index < -0.39 is 0 Å². The van der Waals surface area contributed by atoms with E-state index in [-0.39, 0.29) is 6.71 Å². The summed E-state index contributed by atoms with van der Waals surface area (Å²) < 4.78 is 21.0. The summed E-state index contributed by atoms with van der Waals surface area (Å²) in [5.74, 6) is 5.06. The minimum Gasteiger partial charge on any atom is -0.458 e. The third kappa shape index (κ3) is 6.15. The molecular formula is C69H41BN6O2. The molecule has 0 saturated carbocycles. The van der Waals surface area contributed by atoms with Gasteiger partial charge in [0.15, 0.2) is 17.5 Å². The molecule has 0 atom stereocenters. The van der Waals surface area contributed by atoms with E-state index in [9.17, 15) is 0 Å². The number of fused-ring (bicyclic) bond motifs is 14. The Morgan fingerprint density at radius 3 is 1.62 bits per heavy atom. The zero-order valence-corrected chi connectivity index (χ0v) is 41.7. The third-order valence-corrected chi connectivity index (χ3v) is 16.0. The molecule has 78 heavy (non-hydrogen) atoms. The molecule has 4 aromatic heterocycles. The smallest absolute Gasteiger partial charge is 0.260 e. The van der Waals surface area contributed by atoms with E-state index in [2.05, 4.69) is 238 Å². The van der Waals surface area contributed by atoms with Gasteiger partial charge in [0.2, 0.25) is 0 Å². The molecule has 0 aliphatic carbocycles. The average Bonchev–Trinajstić information content (AvgIpc) is 4.33. The summed E-state index contributed by atoms with van der Waals surface area (Å²) in [4.78, 5) is 16.0. The largest absolute Gasteiger partial charge is 0.458 e. The SMILES string of the molecule is c1ccc(-c2nc(-c3cccc(-n4c5ccccc5c5ccccc54)c3)nc(-c3ccccc3-n3c4ccccc4c4c3ccc3c5ccccc5n(-c5ccc6c7c5Oc5ccccc5B7c5ccccc5O6)c34)n2)cc1. The van der Waals surface area contributed by atoms with Crippen LogP contribution in [-0.4, -0.2) is 35.4 Å². The lowest BCUT2D eigenvalue weighted by Gasteiger charge is -2.34. The van der Waals surface area contributed by atoms with Gasteiger partial charge in [0.25, 0.3) is 6.71 Å². The molecule has 0 unspecified atom stereocenters. The molecule has 2 aliphatic rings. The predicted octanol–water partition coefficient (Wildman–Crippen LogP) is 14.9. The van der Waals surface area contributed by atoms with Crippen molar-refractivity contribution in [1.29, 1.82) is 0 Å². The van der Waals surface area contributed by atoms with Crippen molar-refractivity contribution in [3.8, 4) is 74.2 Å². The highest BCUT2D eigenvalue weighted by atomic mass is 16.5. The van der Waals surface area contributed by atoms with Crippen LogP contribution < -0.4 is 25.9 Å². The van der Waals surface area contributed by atoms with Crippen LogP contribution in [-0.2, 0) is 0 Å². The molecule has 2 aliphatic heterocycles. The first kappa shape index (κ1) is 42.8. The van der Waals surface area contributed by atoms with Gasteiger partial charge >= 0.3 is 0 Å². The highest BCUT2D eigenvalue weighted by molar-refractivity contribution is 6.98. The van der Waals surface area contributed by atoms with Crippen molar-refractivity contribution in [2.24, 2.45) is 0 Å². The van der Waals surface area contributed by atoms with Crippen molar-refractivity contribution >= 4 is 88.5 Å². The van der Waals surface area contributed by atoms with Crippen LogP contribution in [0.25, 0.3) is 117 Å². The number of aromatic nitrogens is 6. The number of hydrogen-bond acceptors (Lipinski definition) is 5. The lowest BCUT2D eigenvalue weighted by molar-refractivity contribution is 0.463. The van der Waals surface area contributed by atoms with Crippen LogP contribution in [0.3, 0.4) is 0 Å². The number of hydrogen-bond donors (Lipinski definition) is 0. The van der Waals surface area contributed by atoms with Gasteiger partial charge in [-0.1, -0.05) is 170 Å². The first-order chi connectivity index (χ1) is 38.7. The monoisotopic (exact) mass is 996 g/mol. The van der Waals surface area contributed by atoms with E-state index in [1.54, 1.807) is 0 Å². The highest BCUT2D eigenvalue weighted by Gasteiger charge is 2.41. The van der Waals surface area contributed by atoms with Crippen LogP contribution in [0.2, 0.25) is 0 Å². The Labute approximate surface area is 447 Å². The van der Waals surface area contributed by atoms with Gasteiger partial charge in [-0.15, -0.1) is 0 Å². The molecule has 6 heterocycles. The van der Waals surface area contributed by atoms with Gasteiger partial charge < -0.3 is 23.2 Å². The maximum absolute atomic E-state index is 7.15. The normalized spacial score (nSPS) is 12.5. The van der Waals surface area contributed by atoms with Gasteiger partial charge in [0.1, 0.15) is 23.0 Å². The minimum atomic E-state index is -0.0706. The maximum Gasteiger partial charge on any atom is 0.260 e. The number of nitrogens with zero attached hydrogens (tertiary/aromatic N) is 6. The Hall–Kier alpha value is -10.5. The minimum absolute atomic E-state index is 0.0706. The van der Waals surface area contributed by atoms with Crippen LogP contribution in [0.1, 0.15) is 0 Å². The topological polar surface area (TPSA) is 71.9 Å². The third-order valence-electron chi connectivity index (χ3n) is 16.0. The van der Waals surface area contributed by atoms with Crippen LogP contribution in [0.15, 0.2) is 249 Å². The summed E-state index contributed by atoms with van der Waals surface area (Å²) in [7, 11) is 0. The van der Waals surface area contributed by atoms with E-state index in [0.717, 1.165) is 128 Å². The molecule has 9 heteroatoms. The molecule has 362 valence electrons. The van der Waals surface area contributed by atoms with Gasteiger partial charge in [-0.25, -0.2) is 15.0 Å². The van der Waals surface area contributed by atoms with E-state index in [4.69, 9.17) is 24.4 Å². The van der Waals surface area contributed by atoms with E-state index in [1.807, 2.05) is 24.3 Å². The van der Waals surface area contributed by atoms with Gasteiger partial charge in [0.05, 0.1) is 44.5 Å². The zero-order valence-electron chi connectivity index (χ0n) is 41.7. The molecule has 0 bridgehead atoms. The van der Waals surface area contributed by atoms with Crippen molar-refractivity contribution < 1.29 is 9.47 Å². The average molecular weight is 997 g/mol. The molecule has 8 nitrogen and oxygen atoms in total. The summed E-state index contributed by atoms with van der Waals surface area (Å²) in [5, 5.41) is 6.95. The summed E-state index contributed by atoms with van der Waals surface area (Å²) >= 11 is 0. The molecule has 0 saturated heterocycles. The second-order valence-corrected chi connectivity index (χ2v) is 20.2. The van der Waals surface area contributed by atoms with Crippen molar-refractivity contribution in [3.05, 3.63) is 249 Å². The molecule has 15 aromatic rings. The zero-order chi connectivity index (χ0) is 51.0. The summed E-state index contributed by atoms with van der Waals surface area (Å²) in [6, 6.07) is 87.6.